The van der Waals surface area contributed by atoms with Crippen LogP contribution in [0.5, 0.6) is 0 Å². The fourth-order valence-electron chi connectivity index (χ4n) is 1.77. The number of fused-ring (bicyclic) bond motifs is 1. The van der Waals surface area contributed by atoms with Crippen molar-refractivity contribution in [1.82, 2.24) is 5.32 Å². The van der Waals surface area contributed by atoms with Crippen molar-refractivity contribution < 1.29 is 9.90 Å². The molecule has 2 N–H and O–H groups in total. The summed E-state index contributed by atoms with van der Waals surface area (Å²) in [6, 6.07) is 7.52. The lowest BCUT2D eigenvalue weighted by atomic mass is 10.3. The lowest BCUT2D eigenvalue weighted by Gasteiger charge is -2.12. The van der Waals surface area contributed by atoms with Crippen molar-refractivity contribution >= 4 is 35.9 Å². The van der Waals surface area contributed by atoms with E-state index in [-0.39, 0.29) is 0 Å². The van der Waals surface area contributed by atoms with Gasteiger partial charge in [-0.2, -0.15) is 0 Å². The highest BCUT2D eigenvalue weighted by Crippen LogP contribution is 2.28. The molecule has 0 spiro atoms. The number of hydrogen-bond acceptors (Lipinski definition) is 4. The SMILES string of the molecule is O=C(O)S1=c2ccccc2=CN=S1C1=NCCN1. The van der Waals surface area contributed by atoms with Crippen LogP contribution < -0.4 is 10.5 Å². The first-order chi connectivity index (χ1) is 8.77. The highest BCUT2D eigenvalue weighted by molar-refractivity contribution is 8.85. The maximum absolute atomic E-state index is 11.5. The van der Waals surface area contributed by atoms with Gasteiger partial charge in [0.2, 0.25) is 0 Å². The highest BCUT2D eigenvalue weighted by Gasteiger charge is 2.22. The second-order valence-electron chi connectivity index (χ2n) is 3.67. The van der Waals surface area contributed by atoms with Gasteiger partial charge in [0, 0.05) is 41.7 Å². The van der Waals surface area contributed by atoms with E-state index in [4.69, 9.17) is 0 Å². The van der Waals surface area contributed by atoms with Gasteiger partial charge in [-0.15, -0.1) is 0 Å². The van der Waals surface area contributed by atoms with Crippen LogP contribution in [0.1, 0.15) is 0 Å². The molecule has 0 aliphatic carbocycles. The Morgan fingerprint density at radius 2 is 2.22 bits per heavy atom. The van der Waals surface area contributed by atoms with Crippen LogP contribution in [0.4, 0.5) is 4.79 Å². The number of carbonyl (C=O) groups is 1. The Balaban J connectivity index is 2.28. The van der Waals surface area contributed by atoms with E-state index < -0.39 is 24.5 Å². The molecular weight excluding hydrogens is 270 g/mol. The van der Waals surface area contributed by atoms with Crippen molar-refractivity contribution in [2.24, 2.45) is 9.36 Å². The first-order valence-corrected chi connectivity index (χ1v) is 8.33. The number of nitrogens with one attached hydrogen (secondary N) is 1. The van der Waals surface area contributed by atoms with Crippen LogP contribution in [0.25, 0.3) is 6.20 Å². The predicted molar refractivity (Wildman–Crippen MR) is 75.1 cm³/mol. The van der Waals surface area contributed by atoms with Gasteiger partial charge >= 0.3 is 5.30 Å². The first-order valence-electron chi connectivity index (χ1n) is 5.41. The van der Waals surface area contributed by atoms with Crippen LogP contribution >= 0.6 is 9.52 Å². The molecule has 1 aromatic rings. The summed E-state index contributed by atoms with van der Waals surface area (Å²) in [5.74, 6) is 0. The molecule has 7 heteroatoms. The summed E-state index contributed by atoms with van der Waals surface area (Å²) in [6.45, 7) is 1.47. The minimum absolute atomic E-state index is 0.701. The normalized spacial score (nSPS) is 25.2. The molecular formula is C11H11N3O2S2. The molecule has 0 fully saturated rings. The van der Waals surface area contributed by atoms with Crippen molar-refractivity contribution in [3.8, 4) is 0 Å². The Hall–Kier alpha value is -1.47. The van der Waals surface area contributed by atoms with E-state index in [0.29, 0.717) is 6.54 Å². The van der Waals surface area contributed by atoms with Crippen LogP contribution in [-0.2, 0) is 9.72 Å². The summed E-state index contributed by atoms with van der Waals surface area (Å²) in [5.41, 5.74) is 0. The third-order valence-electron chi connectivity index (χ3n) is 2.53. The van der Waals surface area contributed by atoms with Crippen LogP contribution in [0.2, 0.25) is 0 Å². The third-order valence-corrected chi connectivity index (χ3v) is 7.48. The van der Waals surface area contributed by atoms with E-state index in [0.717, 1.165) is 21.4 Å². The summed E-state index contributed by atoms with van der Waals surface area (Å²) in [6.07, 6.45) is 1.76. The lowest BCUT2D eigenvalue weighted by Crippen LogP contribution is -2.24. The van der Waals surface area contributed by atoms with Gasteiger partial charge in [0.15, 0.2) is 5.17 Å². The number of aliphatic imine (C=N–C) groups is 1. The molecule has 2 unspecified atom stereocenters. The van der Waals surface area contributed by atoms with Crippen molar-refractivity contribution in [2.45, 2.75) is 0 Å². The summed E-state index contributed by atoms with van der Waals surface area (Å²) >= 11 is 0. The maximum atomic E-state index is 11.5. The molecule has 0 aromatic heterocycles. The van der Waals surface area contributed by atoms with Gasteiger partial charge in [0.25, 0.3) is 0 Å². The average molecular weight is 281 g/mol. The zero-order valence-electron chi connectivity index (χ0n) is 9.37. The second-order valence-corrected chi connectivity index (χ2v) is 8.04. The van der Waals surface area contributed by atoms with E-state index in [1.54, 1.807) is 6.20 Å². The molecule has 0 amide bonds. The summed E-state index contributed by atoms with van der Waals surface area (Å²) in [4.78, 5) is 15.9. The van der Waals surface area contributed by atoms with Gasteiger partial charge in [-0.1, -0.05) is 18.2 Å². The van der Waals surface area contributed by atoms with Gasteiger partial charge in [0.1, 0.15) is 0 Å². The monoisotopic (exact) mass is 281 g/mol. The first kappa shape index (κ1) is 11.6. The minimum atomic E-state index is -0.946. The molecule has 0 saturated heterocycles. The van der Waals surface area contributed by atoms with Crippen LogP contribution in [-0.4, -0.2) is 28.7 Å². The number of hydrogen-bond donors (Lipinski definition) is 2. The van der Waals surface area contributed by atoms with Gasteiger partial charge in [0.05, 0.1) is 6.54 Å². The molecule has 2 heterocycles. The minimum Gasteiger partial charge on any atom is -0.473 e. The molecule has 5 nitrogen and oxygen atoms in total. The fourth-order valence-corrected chi connectivity index (χ4v) is 6.35. The third kappa shape index (κ3) is 1.89. The van der Waals surface area contributed by atoms with Gasteiger partial charge in [-0.3, -0.25) is 4.99 Å². The van der Waals surface area contributed by atoms with Gasteiger partial charge < -0.3 is 10.4 Å². The zero-order chi connectivity index (χ0) is 12.5. The van der Waals surface area contributed by atoms with Crippen molar-refractivity contribution in [3.63, 3.8) is 0 Å². The number of benzene rings is 1. The van der Waals surface area contributed by atoms with Crippen molar-refractivity contribution in [2.75, 3.05) is 13.1 Å². The van der Waals surface area contributed by atoms with E-state index in [2.05, 4.69) is 14.7 Å². The Bertz CT molecular complexity index is 709. The van der Waals surface area contributed by atoms with E-state index in [9.17, 15) is 9.90 Å². The van der Waals surface area contributed by atoms with Crippen molar-refractivity contribution in [1.29, 1.82) is 0 Å². The van der Waals surface area contributed by atoms with E-state index >= 15 is 0 Å². The van der Waals surface area contributed by atoms with Gasteiger partial charge in [-0.05, 0) is 6.07 Å². The summed E-state index contributed by atoms with van der Waals surface area (Å²) in [5, 5.41) is 13.4. The Morgan fingerprint density at radius 1 is 1.39 bits per heavy atom. The van der Waals surface area contributed by atoms with E-state index in [1.807, 2.05) is 24.3 Å². The van der Waals surface area contributed by atoms with Crippen LogP contribution in [0.15, 0.2) is 33.6 Å². The number of amidine groups is 1. The quantitative estimate of drug-likeness (QED) is 0.556. The number of nitrogens with zero attached hydrogens (tertiary/aromatic N) is 2. The Kier molecular flexibility index (Phi) is 3.00. The molecule has 1 aromatic carbocycles. The molecule has 0 radical (unpaired) electrons. The van der Waals surface area contributed by atoms with Crippen molar-refractivity contribution in [3.05, 3.63) is 34.0 Å². The Labute approximate surface area is 108 Å². The molecule has 2 atom stereocenters. The average Bonchev–Trinajstić information content (AvgIpc) is 2.90. The molecule has 2 aliphatic rings. The topological polar surface area (TPSA) is 74.0 Å². The van der Waals surface area contributed by atoms with Crippen LogP contribution in [0.3, 0.4) is 0 Å². The number of carboxylic acid groups (broad SMARTS) is 1. The fraction of sp³-hybridized carbons (Fsp3) is 0.182. The summed E-state index contributed by atoms with van der Waals surface area (Å²) < 4.78 is 5.24. The molecule has 94 valence electrons. The standard InChI is InChI=1S/C11H11N3O2S2/c15-11(16)17-9-4-2-1-3-8(9)7-14-18(17)10-12-5-6-13-10/h1-4,7H,5-6H2,(H,12,13)(H,15,16). The zero-order valence-corrected chi connectivity index (χ0v) is 11.0. The highest BCUT2D eigenvalue weighted by atomic mass is 33.1. The lowest BCUT2D eigenvalue weighted by molar-refractivity contribution is 0.222. The molecule has 0 saturated carbocycles. The second kappa shape index (κ2) is 4.66. The Morgan fingerprint density at radius 3 is 2.94 bits per heavy atom. The molecule has 0 bridgehead atoms. The predicted octanol–water partition coefficient (Wildman–Crippen LogP) is 1.31. The molecule has 2 aliphatic heterocycles. The number of rotatable bonds is 0. The molecule has 18 heavy (non-hydrogen) atoms. The smallest absolute Gasteiger partial charge is 0.370 e. The summed E-state index contributed by atoms with van der Waals surface area (Å²) in [7, 11) is -1.66. The largest absolute Gasteiger partial charge is 0.473 e. The molecule has 3 rings (SSSR count). The van der Waals surface area contributed by atoms with E-state index in [1.165, 1.54) is 0 Å². The van der Waals surface area contributed by atoms with Crippen LogP contribution in [0, 0.1) is 4.51 Å². The van der Waals surface area contributed by atoms with Gasteiger partial charge in [-0.25, -0.2) is 9.16 Å². The maximum Gasteiger partial charge on any atom is 0.370 e.